The van der Waals surface area contributed by atoms with E-state index in [0.717, 1.165) is 17.8 Å². The molecule has 1 unspecified atom stereocenters. The minimum absolute atomic E-state index is 0.0438. The number of aromatic nitrogens is 1. The van der Waals surface area contributed by atoms with Gasteiger partial charge in [0.2, 0.25) is 0 Å². The summed E-state index contributed by atoms with van der Waals surface area (Å²) in [5, 5.41) is 2.76. The normalized spacial score (nSPS) is 12.3. The van der Waals surface area contributed by atoms with Crippen LogP contribution in [-0.2, 0) is 10.9 Å². The van der Waals surface area contributed by atoms with Crippen molar-refractivity contribution in [1.29, 1.82) is 0 Å². The van der Waals surface area contributed by atoms with Gasteiger partial charge in [-0.25, -0.2) is 0 Å². The largest absolute Gasteiger partial charge is 0.457 e. The molecule has 0 radical (unpaired) electrons. The third-order valence-electron chi connectivity index (χ3n) is 4.67. The lowest BCUT2D eigenvalue weighted by Crippen LogP contribution is -2.15. The molecular weight excluding hydrogens is 421 g/mol. The molecule has 1 atom stereocenters. The molecule has 5 nitrogen and oxygen atoms in total. The Balaban J connectivity index is 1.73. The van der Waals surface area contributed by atoms with Gasteiger partial charge in [-0.1, -0.05) is 12.1 Å². The van der Waals surface area contributed by atoms with Crippen LogP contribution >= 0.6 is 0 Å². The van der Waals surface area contributed by atoms with Gasteiger partial charge in [-0.3, -0.25) is 9.78 Å². The number of amides is 1. The van der Waals surface area contributed by atoms with Gasteiger partial charge in [-0.2, -0.15) is 13.2 Å². The number of aryl methyl sites for hydroxylation is 1. The number of nitrogens with one attached hydrogen (secondary N) is 1. The smallest absolute Gasteiger partial charge is 0.416 e. The molecule has 0 aliphatic heterocycles. The number of hydrogen-bond donors (Lipinski definition) is 1. The quantitative estimate of drug-likeness (QED) is 0.449. The fraction of sp³-hybridized carbons (Fsp3) is 0.250. The highest BCUT2D eigenvalue weighted by Crippen LogP contribution is 2.33. The Morgan fingerprint density at radius 2 is 1.75 bits per heavy atom. The number of nitrogens with zero attached hydrogens (tertiary/aromatic N) is 1. The molecule has 2 aromatic carbocycles. The van der Waals surface area contributed by atoms with E-state index in [1.165, 1.54) is 18.2 Å². The number of hydrogen-bond acceptors (Lipinski definition) is 4. The van der Waals surface area contributed by atoms with Crippen molar-refractivity contribution in [2.24, 2.45) is 0 Å². The van der Waals surface area contributed by atoms with Gasteiger partial charge in [0, 0.05) is 18.4 Å². The van der Waals surface area contributed by atoms with Gasteiger partial charge < -0.3 is 14.8 Å². The zero-order valence-electron chi connectivity index (χ0n) is 17.9. The standard InChI is InChI=1S/C24H23F3N2O3/c1-4-31-16(3)22-12-11-21(15(2)28-22)23(30)29-18-8-6-10-20(14-18)32-19-9-5-7-17(13-19)24(25,26)27/h5-14,16H,4H2,1-3H3,(H,29,30). The summed E-state index contributed by atoms with van der Waals surface area (Å²) in [7, 11) is 0. The monoisotopic (exact) mass is 444 g/mol. The van der Waals surface area contributed by atoms with Crippen molar-refractivity contribution in [2.45, 2.75) is 33.1 Å². The number of alkyl halides is 3. The predicted molar refractivity (Wildman–Crippen MR) is 115 cm³/mol. The van der Waals surface area contributed by atoms with Gasteiger partial charge in [-0.05, 0) is 63.2 Å². The Morgan fingerprint density at radius 1 is 1.06 bits per heavy atom. The van der Waals surface area contributed by atoms with Crippen molar-refractivity contribution in [3.05, 3.63) is 83.2 Å². The number of benzene rings is 2. The molecule has 1 N–H and O–H groups in total. The Hall–Kier alpha value is -3.39. The van der Waals surface area contributed by atoms with Crippen molar-refractivity contribution in [1.82, 2.24) is 4.98 Å². The topological polar surface area (TPSA) is 60.5 Å². The second kappa shape index (κ2) is 9.82. The maximum Gasteiger partial charge on any atom is 0.416 e. The fourth-order valence-corrected chi connectivity index (χ4v) is 3.09. The van der Waals surface area contributed by atoms with Gasteiger partial charge in [0.05, 0.1) is 28.6 Å². The first-order valence-corrected chi connectivity index (χ1v) is 10.0. The van der Waals surface area contributed by atoms with Gasteiger partial charge in [0.25, 0.3) is 5.91 Å². The molecule has 8 heteroatoms. The first kappa shape index (κ1) is 23.3. The van der Waals surface area contributed by atoms with E-state index in [-0.39, 0.29) is 23.5 Å². The lowest BCUT2D eigenvalue weighted by atomic mass is 10.1. The van der Waals surface area contributed by atoms with Crippen LogP contribution in [0.3, 0.4) is 0 Å². The summed E-state index contributed by atoms with van der Waals surface area (Å²) in [5.74, 6) is -0.0259. The molecule has 0 aliphatic rings. The van der Waals surface area contributed by atoms with Crippen molar-refractivity contribution < 1.29 is 27.4 Å². The number of anilines is 1. The Labute approximate surface area is 184 Å². The molecule has 0 bridgehead atoms. The highest BCUT2D eigenvalue weighted by molar-refractivity contribution is 6.05. The van der Waals surface area contributed by atoms with Crippen molar-refractivity contribution in [3.63, 3.8) is 0 Å². The molecule has 3 rings (SSSR count). The van der Waals surface area contributed by atoms with Crippen LogP contribution in [0.4, 0.5) is 18.9 Å². The highest BCUT2D eigenvalue weighted by Gasteiger charge is 2.30. The van der Waals surface area contributed by atoms with E-state index in [2.05, 4.69) is 10.3 Å². The van der Waals surface area contributed by atoms with E-state index < -0.39 is 11.7 Å². The van der Waals surface area contributed by atoms with Crippen molar-refractivity contribution >= 4 is 11.6 Å². The van der Waals surface area contributed by atoms with E-state index in [1.807, 2.05) is 13.8 Å². The second-order valence-corrected chi connectivity index (χ2v) is 7.08. The van der Waals surface area contributed by atoms with E-state index in [1.54, 1.807) is 37.3 Å². The maximum atomic E-state index is 12.9. The molecule has 1 amide bonds. The molecule has 1 heterocycles. The lowest BCUT2D eigenvalue weighted by molar-refractivity contribution is -0.137. The number of ether oxygens (including phenoxy) is 2. The van der Waals surface area contributed by atoms with E-state index in [4.69, 9.17) is 9.47 Å². The van der Waals surface area contributed by atoms with Crippen LogP contribution in [0, 0.1) is 6.92 Å². The zero-order valence-corrected chi connectivity index (χ0v) is 17.9. The van der Waals surface area contributed by atoms with Gasteiger partial charge in [0.15, 0.2) is 0 Å². The van der Waals surface area contributed by atoms with Crippen LogP contribution in [0.1, 0.15) is 47.3 Å². The average Bonchev–Trinajstić information content (AvgIpc) is 2.73. The first-order chi connectivity index (χ1) is 15.2. The average molecular weight is 444 g/mol. The van der Waals surface area contributed by atoms with Crippen molar-refractivity contribution in [2.75, 3.05) is 11.9 Å². The van der Waals surface area contributed by atoms with Crippen LogP contribution in [0.25, 0.3) is 0 Å². The number of halogens is 3. The molecule has 0 saturated heterocycles. The summed E-state index contributed by atoms with van der Waals surface area (Å²) in [6, 6.07) is 14.4. The summed E-state index contributed by atoms with van der Waals surface area (Å²) in [6.07, 6.45) is -4.64. The summed E-state index contributed by atoms with van der Waals surface area (Å²) in [4.78, 5) is 17.2. The summed E-state index contributed by atoms with van der Waals surface area (Å²) >= 11 is 0. The number of pyridine rings is 1. The molecule has 0 spiro atoms. The molecule has 0 fully saturated rings. The molecule has 0 saturated carbocycles. The van der Waals surface area contributed by atoms with Crippen LogP contribution < -0.4 is 10.1 Å². The predicted octanol–water partition coefficient (Wildman–Crippen LogP) is 6.55. The number of carbonyl (C=O) groups is 1. The highest BCUT2D eigenvalue weighted by atomic mass is 19.4. The van der Waals surface area contributed by atoms with Gasteiger partial charge in [0.1, 0.15) is 11.5 Å². The van der Waals surface area contributed by atoms with E-state index >= 15 is 0 Å². The maximum absolute atomic E-state index is 12.9. The van der Waals surface area contributed by atoms with Gasteiger partial charge >= 0.3 is 6.18 Å². The zero-order chi connectivity index (χ0) is 23.3. The first-order valence-electron chi connectivity index (χ1n) is 10.0. The van der Waals surface area contributed by atoms with Crippen LogP contribution in [0.2, 0.25) is 0 Å². The van der Waals surface area contributed by atoms with Gasteiger partial charge in [-0.15, -0.1) is 0 Å². The fourth-order valence-electron chi connectivity index (χ4n) is 3.09. The summed E-state index contributed by atoms with van der Waals surface area (Å²) < 4.78 is 49.8. The Morgan fingerprint density at radius 3 is 2.41 bits per heavy atom. The third kappa shape index (κ3) is 5.85. The van der Waals surface area contributed by atoms with Crippen LogP contribution in [-0.4, -0.2) is 17.5 Å². The minimum atomic E-state index is -4.46. The molecule has 168 valence electrons. The van der Waals surface area contributed by atoms with Crippen molar-refractivity contribution in [3.8, 4) is 11.5 Å². The second-order valence-electron chi connectivity index (χ2n) is 7.08. The van der Waals surface area contributed by atoms with Crippen LogP contribution in [0.15, 0.2) is 60.7 Å². The summed E-state index contributed by atoms with van der Waals surface area (Å²) in [6.45, 7) is 6.09. The molecular formula is C24H23F3N2O3. The lowest BCUT2D eigenvalue weighted by Gasteiger charge is -2.14. The van der Waals surface area contributed by atoms with Crippen LogP contribution in [0.5, 0.6) is 11.5 Å². The molecule has 32 heavy (non-hydrogen) atoms. The SMILES string of the molecule is CCOC(C)c1ccc(C(=O)Nc2cccc(Oc3cccc(C(F)(F)F)c3)c2)c(C)n1. The van der Waals surface area contributed by atoms with E-state index in [9.17, 15) is 18.0 Å². The molecule has 1 aromatic heterocycles. The Bertz CT molecular complexity index is 1100. The number of rotatable bonds is 7. The molecule has 0 aliphatic carbocycles. The summed E-state index contributed by atoms with van der Waals surface area (Å²) in [5.41, 5.74) is 1.33. The minimum Gasteiger partial charge on any atom is -0.457 e. The molecule has 3 aromatic rings. The Kier molecular flexibility index (Phi) is 7.15. The third-order valence-corrected chi connectivity index (χ3v) is 4.67. The number of carbonyl (C=O) groups excluding carboxylic acids is 1. The van der Waals surface area contributed by atoms with E-state index in [0.29, 0.717) is 23.6 Å².